The number of hydrogen-bond acceptors (Lipinski definition) is 4. The molecule has 2 unspecified atom stereocenters. The highest BCUT2D eigenvalue weighted by molar-refractivity contribution is 5.77. The van der Waals surface area contributed by atoms with Crippen LogP contribution in [0, 0.1) is 0 Å². The third-order valence-electron chi connectivity index (χ3n) is 3.60. The quantitative estimate of drug-likeness (QED) is 0.884. The van der Waals surface area contributed by atoms with Crippen LogP contribution < -0.4 is 4.74 Å². The summed E-state index contributed by atoms with van der Waals surface area (Å²) in [7, 11) is 3.19. The second kappa shape index (κ2) is 6.72. The Morgan fingerprint density at radius 2 is 2.25 bits per heavy atom. The van der Waals surface area contributed by atoms with Crippen molar-refractivity contribution in [3.63, 3.8) is 0 Å². The van der Waals surface area contributed by atoms with Gasteiger partial charge in [0.1, 0.15) is 5.75 Å². The molecule has 1 heterocycles. The van der Waals surface area contributed by atoms with Gasteiger partial charge < -0.3 is 19.5 Å². The van der Waals surface area contributed by atoms with Crippen molar-refractivity contribution < 1.29 is 19.4 Å². The summed E-state index contributed by atoms with van der Waals surface area (Å²) in [5.74, 6) is 0.768. The van der Waals surface area contributed by atoms with Gasteiger partial charge in [-0.2, -0.15) is 0 Å². The number of benzene rings is 1. The summed E-state index contributed by atoms with van der Waals surface area (Å²) in [5, 5.41) is 9.88. The number of aliphatic hydroxyl groups excluding tert-OH is 1. The lowest BCUT2D eigenvalue weighted by atomic mass is 10.0. The number of rotatable bonds is 5. The number of amides is 1. The van der Waals surface area contributed by atoms with Gasteiger partial charge in [-0.25, -0.2) is 0 Å². The largest absolute Gasteiger partial charge is 0.497 e. The number of methoxy groups -OCH3 is 2. The van der Waals surface area contributed by atoms with E-state index in [1.807, 2.05) is 24.3 Å². The van der Waals surface area contributed by atoms with Crippen molar-refractivity contribution in [3.8, 4) is 5.75 Å². The maximum absolute atomic E-state index is 12.2. The number of β-amino-alcohol motifs (C(OH)–C–C–N with tert-alkyl or cyclic N) is 1. The average molecular weight is 279 g/mol. The van der Waals surface area contributed by atoms with Gasteiger partial charge >= 0.3 is 0 Å². The van der Waals surface area contributed by atoms with Gasteiger partial charge in [0.05, 0.1) is 32.3 Å². The monoisotopic (exact) mass is 279 g/mol. The first-order valence-electron chi connectivity index (χ1n) is 6.76. The standard InChI is InChI=1S/C15H21NO4/c1-19-7-6-15(18)16-10-12(17)9-14(16)11-4-3-5-13(8-11)20-2/h3-5,8,12,14,17H,6-7,9-10H2,1-2H3. The van der Waals surface area contributed by atoms with Gasteiger partial charge in [-0.3, -0.25) is 4.79 Å². The van der Waals surface area contributed by atoms with Crippen LogP contribution in [-0.4, -0.2) is 49.4 Å². The summed E-state index contributed by atoms with van der Waals surface area (Å²) < 4.78 is 10.2. The zero-order valence-corrected chi connectivity index (χ0v) is 11.9. The zero-order valence-electron chi connectivity index (χ0n) is 11.9. The summed E-state index contributed by atoms with van der Waals surface area (Å²) in [6.07, 6.45) is 0.424. The van der Waals surface area contributed by atoms with Crippen molar-refractivity contribution in [1.82, 2.24) is 4.90 Å². The Labute approximate surface area is 119 Å². The van der Waals surface area contributed by atoms with Gasteiger partial charge in [-0.15, -0.1) is 0 Å². The Hall–Kier alpha value is -1.59. The first kappa shape index (κ1) is 14.8. The molecule has 110 valence electrons. The van der Waals surface area contributed by atoms with Crippen LogP contribution in [0.3, 0.4) is 0 Å². The summed E-state index contributed by atoms with van der Waals surface area (Å²) in [4.78, 5) is 13.9. The Kier molecular flexibility index (Phi) is 4.98. The van der Waals surface area contributed by atoms with E-state index in [9.17, 15) is 9.90 Å². The molecule has 1 saturated heterocycles. The second-order valence-electron chi connectivity index (χ2n) is 4.97. The Morgan fingerprint density at radius 1 is 1.45 bits per heavy atom. The van der Waals surface area contributed by atoms with Crippen LogP contribution in [0.5, 0.6) is 5.75 Å². The molecule has 5 heteroatoms. The molecule has 1 aromatic rings. The summed E-state index contributed by atoms with van der Waals surface area (Å²) >= 11 is 0. The maximum Gasteiger partial charge on any atom is 0.225 e. The van der Waals surface area contributed by atoms with Gasteiger partial charge in [0.25, 0.3) is 0 Å². The minimum atomic E-state index is -0.474. The summed E-state index contributed by atoms with van der Waals surface area (Å²) in [6.45, 7) is 0.778. The van der Waals surface area contributed by atoms with Crippen LogP contribution in [0.2, 0.25) is 0 Å². The highest BCUT2D eigenvalue weighted by Crippen LogP contribution is 2.34. The molecule has 0 saturated carbocycles. The Morgan fingerprint density at radius 3 is 2.95 bits per heavy atom. The van der Waals surface area contributed by atoms with E-state index in [1.54, 1.807) is 19.1 Å². The van der Waals surface area contributed by atoms with Gasteiger partial charge in [0.15, 0.2) is 0 Å². The molecule has 1 aliphatic heterocycles. The number of carbonyl (C=O) groups is 1. The Bertz CT molecular complexity index is 463. The second-order valence-corrected chi connectivity index (χ2v) is 4.97. The predicted molar refractivity (Wildman–Crippen MR) is 74.6 cm³/mol. The maximum atomic E-state index is 12.2. The van der Waals surface area contributed by atoms with Crippen molar-refractivity contribution in [2.24, 2.45) is 0 Å². The number of carbonyl (C=O) groups excluding carboxylic acids is 1. The van der Waals surface area contributed by atoms with Crippen molar-refractivity contribution in [3.05, 3.63) is 29.8 Å². The summed E-state index contributed by atoms with van der Waals surface area (Å²) in [5.41, 5.74) is 0.992. The predicted octanol–water partition coefficient (Wildman–Crippen LogP) is 1.37. The van der Waals surface area contributed by atoms with E-state index < -0.39 is 6.10 Å². The van der Waals surface area contributed by atoms with Crippen molar-refractivity contribution in [2.75, 3.05) is 27.4 Å². The smallest absolute Gasteiger partial charge is 0.225 e. The third kappa shape index (κ3) is 3.29. The minimum Gasteiger partial charge on any atom is -0.497 e. The molecule has 0 aromatic heterocycles. The molecule has 1 aromatic carbocycles. The van der Waals surface area contributed by atoms with Gasteiger partial charge in [0, 0.05) is 13.7 Å². The van der Waals surface area contributed by atoms with E-state index in [0.29, 0.717) is 26.0 Å². The van der Waals surface area contributed by atoms with Gasteiger partial charge in [-0.1, -0.05) is 12.1 Å². The molecule has 20 heavy (non-hydrogen) atoms. The average Bonchev–Trinajstić information content (AvgIpc) is 2.87. The molecule has 2 rings (SSSR count). The van der Waals surface area contributed by atoms with E-state index in [2.05, 4.69) is 0 Å². The fourth-order valence-corrected chi connectivity index (χ4v) is 2.59. The third-order valence-corrected chi connectivity index (χ3v) is 3.60. The van der Waals surface area contributed by atoms with E-state index >= 15 is 0 Å². The fourth-order valence-electron chi connectivity index (χ4n) is 2.59. The molecule has 2 atom stereocenters. The highest BCUT2D eigenvalue weighted by Gasteiger charge is 2.34. The first-order valence-corrected chi connectivity index (χ1v) is 6.76. The van der Waals surface area contributed by atoms with Crippen molar-refractivity contribution >= 4 is 5.91 Å². The van der Waals surface area contributed by atoms with Crippen LogP contribution in [0.4, 0.5) is 0 Å². The Balaban J connectivity index is 2.16. The van der Waals surface area contributed by atoms with Gasteiger partial charge in [0.2, 0.25) is 5.91 Å². The minimum absolute atomic E-state index is 0.0104. The molecule has 5 nitrogen and oxygen atoms in total. The van der Waals surface area contributed by atoms with Gasteiger partial charge in [-0.05, 0) is 24.1 Å². The van der Waals surface area contributed by atoms with E-state index in [-0.39, 0.29) is 11.9 Å². The molecule has 1 fully saturated rings. The molecule has 1 aliphatic rings. The van der Waals surface area contributed by atoms with E-state index in [1.165, 1.54) is 0 Å². The number of likely N-dealkylation sites (tertiary alicyclic amines) is 1. The van der Waals surface area contributed by atoms with Crippen LogP contribution in [0.25, 0.3) is 0 Å². The molecule has 0 aliphatic carbocycles. The van der Waals surface area contributed by atoms with Crippen molar-refractivity contribution in [2.45, 2.75) is 25.0 Å². The summed E-state index contributed by atoms with van der Waals surface area (Å²) in [6, 6.07) is 7.55. The lowest BCUT2D eigenvalue weighted by molar-refractivity contribution is -0.133. The fraction of sp³-hybridized carbons (Fsp3) is 0.533. The topological polar surface area (TPSA) is 59.0 Å². The molecule has 0 radical (unpaired) electrons. The normalized spacial score (nSPS) is 22.1. The van der Waals surface area contributed by atoms with E-state index in [0.717, 1.165) is 11.3 Å². The number of hydrogen-bond donors (Lipinski definition) is 1. The first-order chi connectivity index (χ1) is 9.65. The lowest BCUT2D eigenvalue weighted by Gasteiger charge is -2.25. The van der Waals surface area contributed by atoms with Crippen LogP contribution >= 0.6 is 0 Å². The molecular formula is C15H21NO4. The number of ether oxygens (including phenoxy) is 2. The molecule has 0 bridgehead atoms. The number of aliphatic hydroxyl groups is 1. The van der Waals surface area contributed by atoms with Crippen LogP contribution in [0.1, 0.15) is 24.4 Å². The molecule has 0 spiro atoms. The van der Waals surface area contributed by atoms with Crippen molar-refractivity contribution in [1.29, 1.82) is 0 Å². The number of nitrogens with zero attached hydrogens (tertiary/aromatic N) is 1. The molecule has 1 N–H and O–H groups in total. The molecular weight excluding hydrogens is 258 g/mol. The van der Waals surface area contributed by atoms with E-state index in [4.69, 9.17) is 9.47 Å². The molecule has 1 amide bonds. The van der Waals surface area contributed by atoms with Crippen LogP contribution in [0.15, 0.2) is 24.3 Å². The zero-order chi connectivity index (χ0) is 14.5. The lowest BCUT2D eigenvalue weighted by Crippen LogP contribution is -2.32. The van der Waals surface area contributed by atoms with Crippen LogP contribution in [-0.2, 0) is 9.53 Å². The highest BCUT2D eigenvalue weighted by atomic mass is 16.5. The SMILES string of the molecule is COCCC(=O)N1CC(O)CC1c1cccc(OC)c1.